The number of nitrogens with zero attached hydrogens (tertiary/aromatic N) is 3. The maximum absolute atomic E-state index is 5.87. The van der Waals surface area contributed by atoms with Crippen molar-refractivity contribution in [2.24, 2.45) is 5.84 Å². The lowest BCUT2D eigenvalue weighted by molar-refractivity contribution is 0.109. The monoisotopic (exact) mass is 283 g/mol. The van der Waals surface area contributed by atoms with Gasteiger partial charge in [-0.3, -0.25) is 0 Å². The summed E-state index contributed by atoms with van der Waals surface area (Å²) in [5.41, 5.74) is 4.45. The average molecular weight is 284 g/mol. The SMILES string of the molecule is NNc1nc(-c2ncc(Cl)s2)nc2c1COCC2. The maximum Gasteiger partial charge on any atom is 0.191 e. The third kappa shape index (κ3) is 2.05. The average Bonchev–Trinajstić information content (AvgIpc) is 2.84. The summed E-state index contributed by atoms with van der Waals surface area (Å²) >= 11 is 7.21. The molecule has 3 heterocycles. The standard InChI is InChI=1S/C10H10ClN5OS/c11-7-3-13-10(18-7)9-14-6-1-2-17-4-5(6)8(15-9)16-12/h3H,1-2,4,12H2,(H,14,15,16). The second-order valence-electron chi connectivity index (χ2n) is 3.74. The van der Waals surface area contributed by atoms with Crippen LogP contribution in [-0.4, -0.2) is 21.6 Å². The van der Waals surface area contributed by atoms with Crippen molar-refractivity contribution in [1.82, 2.24) is 15.0 Å². The summed E-state index contributed by atoms with van der Waals surface area (Å²) in [5, 5.41) is 0.686. The van der Waals surface area contributed by atoms with E-state index in [-0.39, 0.29) is 0 Å². The number of rotatable bonds is 2. The van der Waals surface area contributed by atoms with Gasteiger partial charge in [0.1, 0.15) is 10.2 Å². The van der Waals surface area contributed by atoms with Crippen molar-refractivity contribution in [2.45, 2.75) is 13.0 Å². The number of nitrogens with two attached hydrogens (primary N) is 1. The summed E-state index contributed by atoms with van der Waals surface area (Å²) < 4.78 is 5.99. The van der Waals surface area contributed by atoms with E-state index < -0.39 is 0 Å². The highest BCUT2D eigenvalue weighted by Gasteiger charge is 2.19. The van der Waals surface area contributed by atoms with Gasteiger partial charge in [-0.05, 0) is 0 Å². The normalized spacial score (nSPS) is 14.3. The quantitative estimate of drug-likeness (QED) is 0.643. The van der Waals surface area contributed by atoms with Gasteiger partial charge in [0.25, 0.3) is 0 Å². The molecule has 0 saturated carbocycles. The molecule has 0 aliphatic carbocycles. The molecule has 0 bridgehead atoms. The van der Waals surface area contributed by atoms with E-state index in [9.17, 15) is 0 Å². The van der Waals surface area contributed by atoms with Gasteiger partial charge in [-0.1, -0.05) is 22.9 Å². The fraction of sp³-hybridized carbons (Fsp3) is 0.300. The molecule has 0 spiro atoms. The van der Waals surface area contributed by atoms with Gasteiger partial charge in [0.2, 0.25) is 0 Å². The maximum atomic E-state index is 5.87. The van der Waals surface area contributed by atoms with Crippen LogP contribution in [0.5, 0.6) is 0 Å². The van der Waals surface area contributed by atoms with Gasteiger partial charge >= 0.3 is 0 Å². The smallest absolute Gasteiger partial charge is 0.191 e. The highest BCUT2D eigenvalue weighted by molar-refractivity contribution is 7.18. The molecular weight excluding hydrogens is 274 g/mol. The number of ether oxygens (including phenoxy) is 1. The van der Waals surface area contributed by atoms with Crippen molar-refractivity contribution >= 4 is 28.8 Å². The first-order chi connectivity index (χ1) is 8.78. The molecule has 8 heteroatoms. The second-order valence-corrected chi connectivity index (χ2v) is 5.40. The predicted octanol–water partition coefficient (Wildman–Crippen LogP) is 1.61. The van der Waals surface area contributed by atoms with Gasteiger partial charge in [0.15, 0.2) is 10.8 Å². The van der Waals surface area contributed by atoms with Crippen molar-refractivity contribution in [3.8, 4) is 10.8 Å². The predicted molar refractivity (Wildman–Crippen MR) is 69.3 cm³/mol. The molecule has 2 aromatic rings. The molecule has 0 aromatic carbocycles. The molecule has 94 valence electrons. The summed E-state index contributed by atoms with van der Waals surface area (Å²) in [7, 11) is 0. The Morgan fingerprint density at radius 2 is 2.33 bits per heavy atom. The van der Waals surface area contributed by atoms with Gasteiger partial charge in [-0.25, -0.2) is 20.8 Å². The molecule has 3 N–H and O–H groups in total. The fourth-order valence-electron chi connectivity index (χ4n) is 1.80. The van der Waals surface area contributed by atoms with Crippen LogP contribution in [0.2, 0.25) is 4.34 Å². The first kappa shape index (κ1) is 11.8. The van der Waals surface area contributed by atoms with Crippen LogP contribution in [0.4, 0.5) is 5.82 Å². The van der Waals surface area contributed by atoms with Crippen molar-refractivity contribution in [1.29, 1.82) is 0 Å². The van der Waals surface area contributed by atoms with E-state index in [1.807, 2.05) is 0 Å². The van der Waals surface area contributed by atoms with Crippen LogP contribution >= 0.6 is 22.9 Å². The summed E-state index contributed by atoms with van der Waals surface area (Å²) in [6, 6.07) is 0. The number of hydrogen-bond acceptors (Lipinski definition) is 7. The Kier molecular flexibility index (Phi) is 3.13. The number of thiazole rings is 1. The first-order valence-corrected chi connectivity index (χ1v) is 6.53. The molecule has 0 radical (unpaired) electrons. The minimum Gasteiger partial charge on any atom is -0.376 e. The van der Waals surface area contributed by atoms with E-state index in [0.29, 0.717) is 34.2 Å². The number of nitrogen functional groups attached to an aromatic ring is 1. The van der Waals surface area contributed by atoms with Gasteiger partial charge < -0.3 is 10.2 Å². The number of halogens is 1. The molecule has 0 unspecified atom stereocenters. The van der Waals surface area contributed by atoms with E-state index in [1.165, 1.54) is 11.3 Å². The molecule has 3 rings (SSSR count). The third-order valence-electron chi connectivity index (χ3n) is 2.63. The minimum atomic E-state index is 0.480. The Morgan fingerprint density at radius 3 is 3.06 bits per heavy atom. The van der Waals surface area contributed by atoms with Crippen LogP contribution in [0.25, 0.3) is 10.8 Å². The van der Waals surface area contributed by atoms with E-state index in [0.717, 1.165) is 17.7 Å². The molecule has 0 amide bonds. The number of aromatic nitrogens is 3. The summed E-state index contributed by atoms with van der Waals surface area (Å²) in [4.78, 5) is 13.0. The highest BCUT2D eigenvalue weighted by Crippen LogP contribution is 2.29. The number of nitrogens with one attached hydrogen (secondary N) is 1. The molecule has 0 saturated heterocycles. The Labute approximate surface area is 112 Å². The highest BCUT2D eigenvalue weighted by atomic mass is 35.5. The Morgan fingerprint density at radius 1 is 1.44 bits per heavy atom. The molecule has 18 heavy (non-hydrogen) atoms. The molecule has 0 fully saturated rings. The van der Waals surface area contributed by atoms with E-state index in [1.54, 1.807) is 6.20 Å². The van der Waals surface area contributed by atoms with Gasteiger partial charge in [-0.15, -0.1) is 0 Å². The lowest BCUT2D eigenvalue weighted by atomic mass is 10.1. The molecule has 1 aliphatic rings. The van der Waals surface area contributed by atoms with Crippen molar-refractivity contribution < 1.29 is 4.74 Å². The van der Waals surface area contributed by atoms with Crippen molar-refractivity contribution in [3.05, 3.63) is 21.8 Å². The van der Waals surface area contributed by atoms with Gasteiger partial charge in [-0.2, -0.15) is 0 Å². The van der Waals surface area contributed by atoms with E-state index in [4.69, 9.17) is 22.2 Å². The number of anilines is 1. The van der Waals surface area contributed by atoms with E-state index in [2.05, 4.69) is 20.4 Å². The largest absolute Gasteiger partial charge is 0.376 e. The van der Waals surface area contributed by atoms with Crippen LogP contribution in [0.15, 0.2) is 6.20 Å². The zero-order chi connectivity index (χ0) is 12.5. The summed E-state index contributed by atoms with van der Waals surface area (Å²) in [6.07, 6.45) is 2.33. The molecule has 0 atom stereocenters. The molecular formula is C10H10ClN5OS. The van der Waals surface area contributed by atoms with Gasteiger partial charge in [0, 0.05) is 12.0 Å². The van der Waals surface area contributed by atoms with E-state index >= 15 is 0 Å². The topological polar surface area (TPSA) is 86.0 Å². The molecule has 2 aromatic heterocycles. The zero-order valence-corrected chi connectivity index (χ0v) is 10.9. The Bertz CT molecular complexity index is 570. The number of fused-ring (bicyclic) bond motifs is 1. The molecule has 6 nitrogen and oxygen atoms in total. The summed E-state index contributed by atoms with van der Waals surface area (Å²) in [6.45, 7) is 1.14. The lowest BCUT2D eigenvalue weighted by Gasteiger charge is -2.18. The minimum absolute atomic E-state index is 0.480. The first-order valence-electron chi connectivity index (χ1n) is 5.34. The third-order valence-corrected chi connectivity index (χ3v) is 3.74. The van der Waals surface area contributed by atoms with Crippen molar-refractivity contribution in [2.75, 3.05) is 12.0 Å². The number of hydrogen-bond donors (Lipinski definition) is 2. The van der Waals surface area contributed by atoms with Crippen LogP contribution in [0.1, 0.15) is 11.3 Å². The van der Waals surface area contributed by atoms with Crippen LogP contribution < -0.4 is 11.3 Å². The second kappa shape index (κ2) is 4.77. The van der Waals surface area contributed by atoms with Crippen LogP contribution in [-0.2, 0) is 17.8 Å². The van der Waals surface area contributed by atoms with Gasteiger partial charge in [0.05, 0.1) is 25.1 Å². The lowest BCUT2D eigenvalue weighted by Crippen LogP contribution is -2.19. The fourth-order valence-corrected chi connectivity index (χ4v) is 2.65. The Balaban J connectivity index is 2.11. The van der Waals surface area contributed by atoms with Crippen molar-refractivity contribution in [3.63, 3.8) is 0 Å². The Hall–Kier alpha value is -1.28. The van der Waals surface area contributed by atoms with Crippen LogP contribution in [0, 0.1) is 0 Å². The summed E-state index contributed by atoms with van der Waals surface area (Å²) in [5.74, 6) is 6.61. The zero-order valence-electron chi connectivity index (χ0n) is 9.31. The van der Waals surface area contributed by atoms with Crippen LogP contribution in [0.3, 0.4) is 0 Å². The number of hydrazine groups is 1. The molecule has 1 aliphatic heterocycles.